The van der Waals surface area contributed by atoms with Gasteiger partial charge in [-0.3, -0.25) is 0 Å². The maximum atomic E-state index is 4.94. The Morgan fingerprint density at radius 1 is 1.67 bits per heavy atom. The summed E-state index contributed by atoms with van der Waals surface area (Å²) >= 11 is 4.94. The van der Waals surface area contributed by atoms with E-state index >= 15 is 0 Å². The molecule has 2 N–H and O–H groups in total. The third-order valence-corrected chi connectivity index (χ3v) is 1.54. The Kier molecular flexibility index (Phi) is 3.53. The molecule has 0 radical (unpaired) electrons. The standard InChI is InChI=1S/C7H11N3OS/c1-2-8-7(12)9-5-6-3-4-10-11-6/h3-4H,2,5H2,1H3,(H2,8,9,12). The van der Waals surface area contributed by atoms with E-state index in [9.17, 15) is 0 Å². The fourth-order valence-corrected chi connectivity index (χ4v) is 0.940. The summed E-state index contributed by atoms with van der Waals surface area (Å²) in [5.41, 5.74) is 0. The quantitative estimate of drug-likeness (QED) is 0.677. The number of nitrogens with zero attached hydrogens (tertiary/aromatic N) is 1. The molecule has 1 heterocycles. The zero-order chi connectivity index (χ0) is 8.81. The smallest absolute Gasteiger partial charge is 0.166 e. The highest BCUT2D eigenvalue weighted by atomic mass is 32.1. The molecule has 1 aromatic rings. The first kappa shape index (κ1) is 8.99. The van der Waals surface area contributed by atoms with E-state index in [1.54, 1.807) is 12.3 Å². The summed E-state index contributed by atoms with van der Waals surface area (Å²) in [6, 6.07) is 1.79. The Morgan fingerprint density at radius 2 is 2.50 bits per heavy atom. The fourth-order valence-electron chi connectivity index (χ4n) is 0.724. The molecule has 0 amide bonds. The molecule has 0 saturated heterocycles. The molecular formula is C7H11N3OS. The van der Waals surface area contributed by atoms with E-state index < -0.39 is 0 Å². The molecule has 0 aliphatic carbocycles. The molecule has 0 saturated carbocycles. The average molecular weight is 185 g/mol. The minimum atomic E-state index is 0.575. The molecule has 12 heavy (non-hydrogen) atoms. The molecule has 0 aromatic carbocycles. The minimum absolute atomic E-state index is 0.575. The summed E-state index contributed by atoms with van der Waals surface area (Å²) < 4.78 is 4.86. The van der Waals surface area contributed by atoms with Crippen molar-refractivity contribution in [3.05, 3.63) is 18.0 Å². The predicted molar refractivity (Wildman–Crippen MR) is 49.6 cm³/mol. The summed E-state index contributed by atoms with van der Waals surface area (Å²) in [5, 5.41) is 10.1. The van der Waals surface area contributed by atoms with Crippen molar-refractivity contribution in [2.45, 2.75) is 13.5 Å². The number of thiocarbonyl (C=S) groups is 1. The van der Waals surface area contributed by atoms with E-state index in [1.807, 2.05) is 6.92 Å². The van der Waals surface area contributed by atoms with Gasteiger partial charge in [-0.25, -0.2) is 0 Å². The van der Waals surface area contributed by atoms with Crippen LogP contribution in [0.3, 0.4) is 0 Å². The van der Waals surface area contributed by atoms with Gasteiger partial charge >= 0.3 is 0 Å². The molecule has 0 bridgehead atoms. The van der Waals surface area contributed by atoms with Crippen molar-refractivity contribution in [2.24, 2.45) is 0 Å². The van der Waals surface area contributed by atoms with Crippen molar-refractivity contribution in [3.8, 4) is 0 Å². The van der Waals surface area contributed by atoms with Crippen LogP contribution >= 0.6 is 12.2 Å². The summed E-state index contributed by atoms with van der Waals surface area (Å²) in [4.78, 5) is 0. The molecule has 0 fully saturated rings. The van der Waals surface area contributed by atoms with Crippen molar-refractivity contribution in [3.63, 3.8) is 0 Å². The summed E-state index contributed by atoms with van der Waals surface area (Å²) in [5.74, 6) is 0.773. The third-order valence-electron chi connectivity index (χ3n) is 1.25. The lowest BCUT2D eigenvalue weighted by Gasteiger charge is -2.05. The molecule has 66 valence electrons. The largest absolute Gasteiger partial charge is 0.363 e. The molecule has 0 aliphatic heterocycles. The molecule has 1 aromatic heterocycles. The van der Waals surface area contributed by atoms with Crippen LogP contribution in [-0.4, -0.2) is 16.8 Å². The van der Waals surface area contributed by atoms with Gasteiger partial charge in [-0.1, -0.05) is 5.16 Å². The Labute approximate surface area is 76.3 Å². The summed E-state index contributed by atoms with van der Waals surface area (Å²) in [7, 11) is 0. The van der Waals surface area contributed by atoms with E-state index in [0.717, 1.165) is 12.3 Å². The number of aromatic nitrogens is 1. The van der Waals surface area contributed by atoms with Gasteiger partial charge in [0.1, 0.15) is 0 Å². The summed E-state index contributed by atoms with van der Waals surface area (Å²) in [6.45, 7) is 3.39. The van der Waals surface area contributed by atoms with Crippen LogP contribution in [0.2, 0.25) is 0 Å². The van der Waals surface area contributed by atoms with Crippen LogP contribution in [0.4, 0.5) is 0 Å². The molecule has 5 heteroatoms. The molecule has 1 rings (SSSR count). The highest BCUT2D eigenvalue weighted by molar-refractivity contribution is 7.80. The van der Waals surface area contributed by atoms with Crippen molar-refractivity contribution in [1.82, 2.24) is 15.8 Å². The van der Waals surface area contributed by atoms with Gasteiger partial charge in [-0.15, -0.1) is 0 Å². The number of hydrogen-bond donors (Lipinski definition) is 2. The second-order valence-corrected chi connectivity index (χ2v) is 2.60. The van der Waals surface area contributed by atoms with E-state index in [0.29, 0.717) is 11.7 Å². The second-order valence-electron chi connectivity index (χ2n) is 2.19. The van der Waals surface area contributed by atoms with Gasteiger partial charge in [0.25, 0.3) is 0 Å². The SMILES string of the molecule is CCNC(=S)NCc1ccno1. The van der Waals surface area contributed by atoms with Gasteiger partial charge in [0.2, 0.25) is 0 Å². The highest BCUT2D eigenvalue weighted by Crippen LogP contribution is 1.94. The van der Waals surface area contributed by atoms with Crippen LogP contribution in [0, 0.1) is 0 Å². The topological polar surface area (TPSA) is 50.1 Å². The molecule has 0 aliphatic rings. The zero-order valence-electron chi connectivity index (χ0n) is 6.83. The maximum absolute atomic E-state index is 4.94. The van der Waals surface area contributed by atoms with Crippen molar-refractivity contribution in [2.75, 3.05) is 6.54 Å². The van der Waals surface area contributed by atoms with E-state index in [-0.39, 0.29) is 0 Å². The maximum Gasteiger partial charge on any atom is 0.166 e. The van der Waals surface area contributed by atoms with E-state index in [1.165, 1.54) is 0 Å². The lowest BCUT2D eigenvalue weighted by atomic mass is 10.5. The minimum Gasteiger partial charge on any atom is -0.363 e. The highest BCUT2D eigenvalue weighted by Gasteiger charge is 1.96. The van der Waals surface area contributed by atoms with Gasteiger partial charge in [0.05, 0.1) is 12.7 Å². The normalized spacial score (nSPS) is 9.42. The van der Waals surface area contributed by atoms with Crippen molar-refractivity contribution in [1.29, 1.82) is 0 Å². The summed E-state index contributed by atoms with van der Waals surface area (Å²) in [6.07, 6.45) is 1.60. The Bertz CT molecular complexity index is 235. The Morgan fingerprint density at radius 3 is 3.08 bits per heavy atom. The van der Waals surface area contributed by atoms with Crippen LogP contribution in [-0.2, 0) is 6.54 Å². The monoisotopic (exact) mass is 185 g/mol. The zero-order valence-corrected chi connectivity index (χ0v) is 7.65. The van der Waals surface area contributed by atoms with E-state index in [4.69, 9.17) is 16.7 Å². The lowest BCUT2D eigenvalue weighted by Crippen LogP contribution is -2.34. The molecule has 0 unspecified atom stereocenters. The van der Waals surface area contributed by atoms with Crippen molar-refractivity contribution >= 4 is 17.3 Å². The number of nitrogens with one attached hydrogen (secondary N) is 2. The van der Waals surface area contributed by atoms with Crippen molar-refractivity contribution < 1.29 is 4.52 Å². The van der Waals surface area contributed by atoms with E-state index in [2.05, 4.69) is 15.8 Å². The van der Waals surface area contributed by atoms with Gasteiger partial charge < -0.3 is 15.2 Å². The molecule has 0 spiro atoms. The molecular weight excluding hydrogens is 174 g/mol. The number of rotatable bonds is 3. The second kappa shape index (κ2) is 4.71. The average Bonchev–Trinajstić information content (AvgIpc) is 2.53. The first-order chi connectivity index (χ1) is 5.83. The van der Waals surface area contributed by atoms with Crippen LogP contribution in [0.25, 0.3) is 0 Å². The Hall–Kier alpha value is -1.10. The lowest BCUT2D eigenvalue weighted by molar-refractivity contribution is 0.380. The van der Waals surface area contributed by atoms with Gasteiger partial charge in [0, 0.05) is 12.6 Å². The van der Waals surface area contributed by atoms with Crippen LogP contribution in [0.5, 0.6) is 0 Å². The number of hydrogen-bond acceptors (Lipinski definition) is 3. The van der Waals surface area contributed by atoms with Gasteiger partial charge in [0.15, 0.2) is 10.9 Å². The van der Waals surface area contributed by atoms with Crippen LogP contribution in [0.15, 0.2) is 16.8 Å². The fraction of sp³-hybridized carbons (Fsp3) is 0.429. The van der Waals surface area contributed by atoms with Crippen LogP contribution in [0.1, 0.15) is 12.7 Å². The molecule has 0 atom stereocenters. The van der Waals surface area contributed by atoms with Gasteiger partial charge in [-0.05, 0) is 19.1 Å². The third kappa shape index (κ3) is 2.87. The van der Waals surface area contributed by atoms with Crippen LogP contribution < -0.4 is 10.6 Å². The molecule has 4 nitrogen and oxygen atoms in total. The first-order valence-electron chi connectivity index (χ1n) is 3.74. The predicted octanol–water partition coefficient (Wildman–Crippen LogP) is 0.659. The Balaban J connectivity index is 2.22. The van der Waals surface area contributed by atoms with Gasteiger partial charge in [-0.2, -0.15) is 0 Å². The first-order valence-corrected chi connectivity index (χ1v) is 4.15.